The second-order valence-corrected chi connectivity index (χ2v) is 4.88. The Morgan fingerprint density at radius 2 is 2.04 bits per heavy atom. The Bertz CT molecular complexity index is 747. The molecule has 0 bridgehead atoms. The van der Waals surface area contributed by atoms with E-state index in [0.29, 0.717) is 22.1 Å². The number of para-hydroxylation sites is 1. The number of benzene rings is 2. The number of nitrogens with one attached hydrogen (secondary N) is 1. The Morgan fingerprint density at radius 1 is 1.26 bits per heavy atom. The molecule has 23 heavy (non-hydrogen) atoms. The zero-order valence-corrected chi connectivity index (χ0v) is 13.3. The normalized spacial score (nSPS) is 10.6. The molecule has 2 aromatic rings. The summed E-state index contributed by atoms with van der Waals surface area (Å²) in [4.78, 5) is 12.0. The maximum Gasteiger partial charge on any atom is 0.275 e. The fourth-order valence-corrected chi connectivity index (χ4v) is 2.10. The molecular formula is C16H15ClN2O4. The first-order chi connectivity index (χ1) is 11.1. The highest BCUT2D eigenvalue weighted by Crippen LogP contribution is 2.29. The summed E-state index contributed by atoms with van der Waals surface area (Å²) in [6.45, 7) is 0. The molecule has 0 unspecified atom stereocenters. The first-order valence-electron chi connectivity index (χ1n) is 6.59. The van der Waals surface area contributed by atoms with Crippen LogP contribution in [0.25, 0.3) is 0 Å². The van der Waals surface area contributed by atoms with Gasteiger partial charge in [-0.1, -0.05) is 17.7 Å². The zero-order chi connectivity index (χ0) is 16.8. The molecule has 0 saturated heterocycles. The SMILES string of the molecule is COc1cccc(/C=N/NC(=O)c2cc(Cl)ccc2O)c1OC. The van der Waals surface area contributed by atoms with E-state index in [9.17, 15) is 9.90 Å². The molecule has 0 heterocycles. The first kappa shape index (κ1) is 16.6. The number of rotatable bonds is 5. The highest BCUT2D eigenvalue weighted by molar-refractivity contribution is 6.31. The van der Waals surface area contributed by atoms with Crippen LogP contribution in [0.1, 0.15) is 15.9 Å². The molecule has 2 rings (SSSR count). The molecule has 120 valence electrons. The van der Waals surface area contributed by atoms with E-state index in [1.165, 1.54) is 38.6 Å². The van der Waals surface area contributed by atoms with Crippen molar-refractivity contribution in [3.8, 4) is 17.2 Å². The molecule has 0 spiro atoms. The van der Waals surface area contributed by atoms with E-state index in [4.69, 9.17) is 21.1 Å². The monoisotopic (exact) mass is 334 g/mol. The number of hydrogen-bond donors (Lipinski definition) is 2. The Balaban J connectivity index is 2.16. The number of ether oxygens (including phenoxy) is 2. The molecule has 6 nitrogen and oxygen atoms in total. The van der Waals surface area contributed by atoms with Gasteiger partial charge in [0.2, 0.25) is 0 Å². The number of phenols is 1. The summed E-state index contributed by atoms with van der Waals surface area (Å²) in [5.41, 5.74) is 2.98. The van der Waals surface area contributed by atoms with Gasteiger partial charge in [0, 0.05) is 10.6 Å². The predicted molar refractivity (Wildman–Crippen MR) is 87.7 cm³/mol. The van der Waals surface area contributed by atoms with E-state index < -0.39 is 5.91 Å². The first-order valence-corrected chi connectivity index (χ1v) is 6.97. The van der Waals surface area contributed by atoms with Crippen LogP contribution in [0.3, 0.4) is 0 Å². The largest absolute Gasteiger partial charge is 0.507 e. The Kier molecular flexibility index (Phi) is 5.43. The van der Waals surface area contributed by atoms with E-state index in [1.807, 2.05) is 0 Å². The van der Waals surface area contributed by atoms with Gasteiger partial charge in [-0.15, -0.1) is 0 Å². The molecule has 0 fully saturated rings. The van der Waals surface area contributed by atoms with E-state index in [0.717, 1.165) is 0 Å². The Morgan fingerprint density at radius 3 is 2.74 bits per heavy atom. The molecule has 2 aromatic carbocycles. The summed E-state index contributed by atoms with van der Waals surface area (Å²) in [6.07, 6.45) is 1.42. The predicted octanol–water partition coefficient (Wildman–Crippen LogP) is 2.83. The molecule has 0 aliphatic heterocycles. The number of hydrazone groups is 1. The van der Waals surface area contributed by atoms with Crippen LogP contribution in [0.5, 0.6) is 17.2 Å². The number of hydrogen-bond acceptors (Lipinski definition) is 5. The molecule has 0 atom stereocenters. The lowest BCUT2D eigenvalue weighted by Crippen LogP contribution is -2.17. The van der Waals surface area contributed by atoms with Crippen LogP contribution >= 0.6 is 11.6 Å². The van der Waals surface area contributed by atoms with Gasteiger partial charge in [0.1, 0.15) is 5.75 Å². The lowest BCUT2D eigenvalue weighted by Gasteiger charge is -2.09. The molecule has 0 saturated carbocycles. The van der Waals surface area contributed by atoms with Crippen LogP contribution in [0.2, 0.25) is 5.02 Å². The van der Waals surface area contributed by atoms with Crippen LogP contribution < -0.4 is 14.9 Å². The second kappa shape index (κ2) is 7.51. The highest BCUT2D eigenvalue weighted by Gasteiger charge is 2.11. The van der Waals surface area contributed by atoms with Crippen LogP contribution in [-0.2, 0) is 0 Å². The third kappa shape index (κ3) is 3.92. The van der Waals surface area contributed by atoms with Crippen molar-refractivity contribution in [3.05, 3.63) is 52.5 Å². The third-order valence-electron chi connectivity index (χ3n) is 3.01. The molecule has 0 aliphatic rings. The van der Waals surface area contributed by atoms with E-state index >= 15 is 0 Å². The maximum absolute atomic E-state index is 12.0. The summed E-state index contributed by atoms with van der Waals surface area (Å²) < 4.78 is 10.4. The molecule has 0 aromatic heterocycles. The van der Waals surface area contributed by atoms with Gasteiger partial charge in [-0.25, -0.2) is 5.43 Å². The van der Waals surface area contributed by atoms with Crippen molar-refractivity contribution < 1.29 is 19.4 Å². The number of carbonyl (C=O) groups is 1. The maximum atomic E-state index is 12.0. The van der Waals surface area contributed by atoms with Crippen LogP contribution in [0.4, 0.5) is 0 Å². The topological polar surface area (TPSA) is 80.2 Å². The smallest absolute Gasteiger partial charge is 0.275 e. The van der Waals surface area contributed by atoms with Gasteiger partial charge in [-0.2, -0.15) is 5.10 Å². The average Bonchev–Trinajstić information content (AvgIpc) is 2.56. The van der Waals surface area contributed by atoms with Crippen molar-refractivity contribution in [1.29, 1.82) is 0 Å². The van der Waals surface area contributed by atoms with Crippen molar-refractivity contribution in [2.75, 3.05) is 14.2 Å². The van der Waals surface area contributed by atoms with Gasteiger partial charge < -0.3 is 14.6 Å². The number of carbonyl (C=O) groups excluding carboxylic acids is 1. The number of halogens is 1. The zero-order valence-electron chi connectivity index (χ0n) is 12.5. The molecule has 1 amide bonds. The van der Waals surface area contributed by atoms with Crippen molar-refractivity contribution in [3.63, 3.8) is 0 Å². The number of aromatic hydroxyl groups is 1. The standard InChI is InChI=1S/C16H15ClN2O4/c1-22-14-5-3-4-10(15(14)23-2)9-18-19-16(21)12-8-11(17)6-7-13(12)20/h3-9,20H,1-2H3,(H,19,21)/b18-9+. The van der Waals surface area contributed by atoms with Crippen molar-refractivity contribution >= 4 is 23.7 Å². The van der Waals surface area contributed by atoms with Gasteiger partial charge in [0.25, 0.3) is 5.91 Å². The number of amides is 1. The van der Waals surface area contributed by atoms with Gasteiger partial charge in [-0.3, -0.25) is 4.79 Å². The van der Waals surface area contributed by atoms with Crippen molar-refractivity contribution in [2.24, 2.45) is 5.10 Å². The highest BCUT2D eigenvalue weighted by atomic mass is 35.5. The summed E-state index contributed by atoms with van der Waals surface area (Å²) in [5, 5.41) is 13.9. The summed E-state index contributed by atoms with van der Waals surface area (Å²) in [5.74, 6) is 0.290. The van der Waals surface area contributed by atoms with Gasteiger partial charge in [0.05, 0.1) is 26.0 Å². The van der Waals surface area contributed by atoms with Gasteiger partial charge >= 0.3 is 0 Å². The van der Waals surface area contributed by atoms with E-state index in [-0.39, 0.29) is 11.3 Å². The minimum Gasteiger partial charge on any atom is -0.507 e. The minimum absolute atomic E-state index is 0.0345. The van der Waals surface area contributed by atoms with Crippen LogP contribution in [0.15, 0.2) is 41.5 Å². The minimum atomic E-state index is -0.580. The second-order valence-electron chi connectivity index (χ2n) is 4.44. The van der Waals surface area contributed by atoms with E-state index in [1.54, 1.807) is 18.2 Å². The molecule has 2 N–H and O–H groups in total. The third-order valence-corrected chi connectivity index (χ3v) is 3.24. The number of methoxy groups -OCH3 is 2. The lowest BCUT2D eigenvalue weighted by atomic mass is 10.2. The number of phenolic OH excluding ortho intramolecular Hbond substituents is 1. The Hall–Kier alpha value is -2.73. The molecule has 7 heteroatoms. The van der Waals surface area contributed by atoms with Crippen LogP contribution in [0, 0.1) is 0 Å². The average molecular weight is 335 g/mol. The fourth-order valence-electron chi connectivity index (χ4n) is 1.92. The number of nitrogens with zero attached hydrogens (tertiary/aromatic N) is 1. The summed E-state index contributed by atoms with van der Waals surface area (Å²) in [7, 11) is 3.04. The molecule has 0 radical (unpaired) electrons. The fraction of sp³-hybridized carbons (Fsp3) is 0.125. The summed E-state index contributed by atoms with van der Waals surface area (Å²) >= 11 is 5.80. The lowest BCUT2D eigenvalue weighted by molar-refractivity contribution is 0.0952. The summed E-state index contributed by atoms with van der Waals surface area (Å²) in [6, 6.07) is 9.46. The van der Waals surface area contributed by atoms with Gasteiger partial charge in [-0.05, 0) is 30.3 Å². The molecule has 0 aliphatic carbocycles. The van der Waals surface area contributed by atoms with Crippen molar-refractivity contribution in [1.82, 2.24) is 5.43 Å². The Labute approximate surface area is 138 Å². The molecular weight excluding hydrogens is 320 g/mol. The van der Waals surface area contributed by atoms with E-state index in [2.05, 4.69) is 10.5 Å². The van der Waals surface area contributed by atoms with Crippen molar-refractivity contribution in [2.45, 2.75) is 0 Å². The quantitative estimate of drug-likeness (QED) is 0.651. The van der Waals surface area contributed by atoms with Gasteiger partial charge in [0.15, 0.2) is 11.5 Å². The van der Waals surface area contributed by atoms with Crippen LogP contribution in [-0.4, -0.2) is 31.4 Å².